The van der Waals surface area contributed by atoms with E-state index in [-0.39, 0.29) is 16.3 Å². The largest absolute Gasteiger partial charge is 0.242 e. The number of halogens is 2. The van der Waals surface area contributed by atoms with Gasteiger partial charge in [-0.1, -0.05) is 12.5 Å². The Kier molecular flexibility index (Phi) is 4.09. The lowest BCUT2D eigenvalue weighted by Gasteiger charge is -2.16. The summed E-state index contributed by atoms with van der Waals surface area (Å²) in [6, 6.07) is 4.73. The van der Waals surface area contributed by atoms with Gasteiger partial charge in [0.1, 0.15) is 22.3 Å². The van der Waals surface area contributed by atoms with Crippen LogP contribution in [0.3, 0.4) is 0 Å². The highest BCUT2D eigenvalue weighted by atomic mass is 35.5. The lowest BCUT2D eigenvalue weighted by atomic mass is 10.2. The van der Waals surface area contributed by atoms with Crippen LogP contribution < -0.4 is 4.72 Å². The summed E-state index contributed by atoms with van der Waals surface area (Å²) in [6.45, 7) is 0. The van der Waals surface area contributed by atoms with Crippen LogP contribution in [0.5, 0.6) is 0 Å². The predicted octanol–water partition coefficient (Wildman–Crippen LogP) is 2.14. The summed E-state index contributed by atoms with van der Waals surface area (Å²) in [4.78, 5) is -0.342. The molecule has 1 aliphatic rings. The lowest BCUT2D eigenvalue weighted by molar-refractivity contribution is 0.551. The first-order valence-corrected chi connectivity index (χ1v) is 7.72. The molecule has 2 unspecified atom stereocenters. The first kappa shape index (κ1) is 14.3. The van der Waals surface area contributed by atoms with Crippen molar-refractivity contribution in [3.05, 3.63) is 29.6 Å². The fraction of sp³-hybridized carbons (Fsp3) is 0.417. The maximum Gasteiger partial charge on any atom is 0.242 e. The molecule has 1 aromatic carbocycles. The molecule has 7 heteroatoms. The zero-order valence-corrected chi connectivity index (χ0v) is 11.5. The van der Waals surface area contributed by atoms with Crippen molar-refractivity contribution in [3.63, 3.8) is 0 Å². The van der Waals surface area contributed by atoms with Gasteiger partial charge in [0, 0.05) is 11.4 Å². The second-order valence-electron chi connectivity index (χ2n) is 4.40. The number of hydrogen-bond donors (Lipinski definition) is 1. The van der Waals surface area contributed by atoms with Crippen molar-refractivity contribution in [1.29, 1.82) is 5.26 Å². The normalized spacial score (nSPS) is 23.2. The maximum absolute atomic E-state index is 13.4. The van der Waals surface area contributed by atoms with E-state index in [1.165, 1.54) is 12.1 Å². The second-order valence-corrected chi connectivity index (χ2v) is 6.64. The van der Waals surface area contributed by atoms with Gasteiger partial charge in [0.05, 0.1) is 0 Å². The lowest BCUT2D eigenvalue weighted by Crippen LogP contribution is -2.38. The molecule has 0 aromatic heterocycles. The Hall–Kier alpha value is -1.16. The van der Waals surface area contributed by atoms with Gasteiger partial charge in [0.25, 0.3) is 0 Å². The highest BCUT2D eigenvalue weighted by Crippen LogP contribution is 2.26. The molecule has 4 nitrogen and oxygen atoms in total. The fourth-order valence-corrected chi connectivity index (χ4v) is 4.04. The van der Waals surface area contributed by atoms with Gasteiger partial charge in [-0.25, -0.2) is 17.5 Å². The molecule has 0 amide bonds. The SMILES string of the molecule is N#Cc1c(F)cccc1S(=O)(=O)NC1CCCC1Cl. The van der Waals surface area contributed by atoms with E-state index in [0.29, 0.717) is 6.42 Å². The molecule has 2 atom stereocenters. The van der Waals surface area contributed by atoms with Crippen LogP contribution in [0.1, 0.15) is 24.8 Å². The summed E-state index contributed by atoms with van der Waals surface area (Å²) in [5.74, 6) is -0.848. The molecule has 1 saturated carbocycles. The number of alkyl halides is 1. The maximum atomic E-state index is 13.4. The predicted molar refractivity (Wildman–Crippen MR) is 68.7 cm³/mol. The van der Waals surface area contributed by atoms with Crippen LogP contribution in [0.4, 0.5) is 4.39 Å². The Morgan fingerprint density at radius 1 is 1.42 bits per heavy atom. The van der Waals surface area contributed by atoms with Crippen molar-refractivity contribution < 1.29 is 12.8 Å². The van der Waals surface area contributed by atoms with Gasteiger partial charge in [-0.05, 0) is 25.0 Å². The standard InChI is InChI=1S/C12H12ClFN2O2S/c13-9-3-1-5-11(9)16-19(17,18)12-6-2-4-10(14)8(12)7-15/h2,4,6,9,11,16H,1,3,5H2. The van der Waals surface area contributed by atoms with Crippen LogP contribution in [-0.2, 0) is 10.0 Å². The van der Waals surface area contributed by atoms with Gasteiger partial charge in [-0.2, -0.15) is 5.26 Å². The van der Waals surface area contributed by atoms with Crippen LogP contribution in [0.15, 0.2) is 23.1 Å². The van der Waals surface area contributed by atoms with Crippen LogP contribution in [0, 0.1) is 17.1 Å². The third kappa shape index (κ3) is 2.89. The second kappa shape index (κ2) is 5.45. The molecule has 0 radical (unpaired) electrons. The fourth-order valence-electron chi connectivity index (χ4n) is 2.15. The number of nitrogens with zero attached hydrogens (tertiary/aromatic N) is 1. The Labute approximate surface area is 116 Å². The molecule has 1 aliphatic carbocycles. The number of benzene rings is 1. The molecule has 0 heterocycles. The highest BCUT2D eigenvalue weighted by molar-refractivity contribution is 7.89. The number of nitriles is 1. The number of nitrogens with one attached hydrogen (secondary N) is 1. The Morgan fingerprint density at radius 3 is 2.74 bits per heavy atom. The minimum atomic E-state index is -3.94. The van der Waals surface area contributed by atoms with E-state index in [1.54, 1.807) is 6.07 Å². The van der Waals surface area contributed by atoms with Crippen molar-refractivity contribution in [1.82, 2.24) is 4.72 Å². The third-order valence-electron chi connectivity index (χ3n) is 3.11. The van der Waals surface area contributed by atoms with Crippen molar-refractivity contribution in [2.75, 3.05) is 0 Å². The molecule has 1 fully saturated rings. The van der Waals surface area contributed by atoms with Gasteiger partial charge in [-0.15, -0.1) is 11.6 Å². The first-order chi connectivity index (χ1) is 8.95. The molecular formula is C12H12ClFN2O2S. The monoisotopic (exact) mass is 302 g/mol. The molecule has 19 heavy (non-hydrogen) atoms. The van der Waals surface area contributed by atoms with E-state index in [1.807, 2.05) is 0 Å². The van der Waals surface area contributed by atoms with Crippen molar-refractivity contribution in [3.8, 4) is 6.07 Å². The van der Waals surface area contributed by atoms with Crippen LogP contribution >= 0.6 is 11.6 Å². The van der Waals surface area contributed by atoms with E-state index < -0.39 is 21.4 Å². The molecule has 102 valence electrons. The summed E-state index contributed by atoms with van der Waals surface area (Å²) in [5, 5.41) is 8.60. The van der Waals surface area contributed by atoms with Crippen molar-refractivity contribution >= 4 is 21.6 Å². The quantitative estimate of drug-likeness (QED) is 0.870. The van der Waals surface area contributed by atoms with Gasteiger partial charge >= 0.3 is 0 Å². The summed E-state index contributed by atoms with van der Waals surface area (Å²) in [6.07, 6.45) is 2.23. The molecule has 0 saturated heterocycles. The van der Waals surface area contributed by atoms with E-state index in [0.717, 1.165) is 18.9 Å². The number of hydrogen-bond acceptors (Lipinski definition) is 3. The highest BCUT2D eigenvalue weighted by Gasteiger charge is 2.31. The molecule has 0 spiro atoms. The van der Waals surface area contributed by atoms with E-state index in [2.05, 4.69) is 4.72 Å². The minimum Gasteiger partial charge on any atom is -0.207 e. The average molecular weight is 303 g/mol. The first-order valence-electron chi connectivity index (χ1n) is 5.80. The number of rotatable bonds is 3. The average Bonchev–Trinajstić information content (AvgIpc) is 2.74. The minimum absolute atomic E-state index is 0.270. The summed E-state index contributed by atoms with van der Waals surface area (Å²) in [5.41, 5.74) is -0.473. The molecule has 2 rings (SSSR count). The van der Waals surface area contributed by atoms with E-state index in [4.69, 9.17) is 16.9 Å². The molecule has 1 aromatic rings. The zero-order chi connectivity index (χ0) is 14.0. The summed E-state index contributed by atoms with van der Waals surface area (Å²) < 4.78 is 40.2. The Bertz CT molecular complexity index is 627. The van der Waals surface area contributed by atoms with Gasteiger partial charge in [-0.3, -0.25) is 0 Å². The van der Waals surface area contributed by atoms with E-state index in [9.17, 15) is 12.8 Å². The van der Waals surface area contributed by atoms with Crippen molar-refractivity contribution in [2.45, 2.75) is 35.6 Å². The number of sulfonamides is 1. The van der Waals surface area contributed by atoms with Gasteiger partial charge in [0.2, 0.25) is 10.0 Å². The van der Waals surface area contributed by atoms with Crippen molar-refractivity contribution in [2.24, 2.45) is 0 Å². The van der Waals surface area contributed by atoms with E-state index >= 15 is 0 Å². The third-order valence-corrected chi connectivity index (χ3v) is 5.17. The molecule has 0 aliphatic heterocycles. The molecule has 1 N–H and O–H groups in total. The summed E-state index contributed by atoms with van der Waals surface area (Å²) >= 11 is 6.01. The topological polar surface area (TPSA) is 70.0 Å². The van der Waals surface area contributed by atoms with Crippen LogP contribution in [-0.4, -0.2) is 19.8 Å². The van der Waals surface area contributed by atoms with Crippen LogP contribution in [0.2, 0.25) is 0 Å². The smallest absolute Gasteiger partial charge is 0.207 e. The zero-order valence-electron chi connectivity index (χ0n) is 9.94. The van der Waals surface area contributed by atoms with Crippen LogP contribution in [0.25, 0.3) is 0 Å². The molecular weight excluding hydrogens is 291 g/mol. The van der Waals surface area contributed by atoms with Gasteiger partial charge < -0.3 is 0 Å². The molecule has 0 bridgehead atoms. The summed E-state index contributed by atoms with van der Waals surface area (Å²) in [7, 11) is -3.94. The van der Waals surface area contributed by atoms with Gasteiger partial charge in [0.15, 0.2) is 0 Å². The Morgan fingerprint density at radius 2 is 2.16 bits per heavy atom. The Balaban J connectivity index is 2.35.